The van der Waals surface area contributed by atoms with E-state index >= 15 is 0 Å². The molecule has 4 rings (SSSR count). The molecule has 0 bridgehead atoms. The van der Waals surface area contributed by atoms with E-state index < -0.39 is 23.8 Å². The molecule has 8 nitrogen and oxygen atoms in total. The maximum absolute atomic E-state index is 12.3. The minimum Gasteiger partial charge on any atom is -0.397 e. The highest BCUT2D eigenvalue weighted by Crippen LogP contribution is 2.50. The Hall–Kier alpha value is -2.68. The summed E-state index contributed by atoms with van der Waals surface area (Å²) < 4.78 is 0. The summed E-state index contributed by atoms with van der Waals surface area (Å²) in [5.41, 5.74) is 11.7. The molecule has 124 valence electrons. The zero-order valence-electron chi connectivity index (χ0n) is 13.0. The fourth-order valence-electron chi connectivity index (χ4n) is 3.67. The van der Waals surface area contributed by atoms with Gasteiger partial charge in [-0.25, -0.2) is 4.90 Å². The maximum Gasteiger partial charge on any atom is 0.260 e. The first-order valence-corrected chi connectivity index (χ1v) is 7.35. The molecule has 2 atom stereocenters. The number of aliphatic hydroxyl groups is 2. The van der Waals surface area contributed by atoms with Crippen LogP contribution in [0.1, 0.15) is 45.0 Å². The first kappa shape index (κ1) is 14.9. The molecule has 2 aliphatic rings. The molecular weight excluding hydrogens is 312 g/mol. The predicted octanol–water partition coefficient (Wildman–Crippen LogP) is -0.0109. The number of hydrogen-bond acceptors (Lipinski definition) is 7. The van der Waals surface area contributed by atoms with Crippen LogP contribution in [0.3, 0.4) is 0 Å². The van der Waals surface area contributed by atoms with Crippen molar-refractivity contribution in [2.24, 2.45) is 0 Å². The number of hydrogen-bond donors (Lipinski definition) is 5. The van der Waals surface area contributed by atoms with E-state index in [1.165, 1.54) is 17.9 Å². The van der Waals surface area contributed by atoms with E-state index in [1.807, 2.05) is 0 Å². The number of aliphatic hydroxyl groups excluding tert-OH is 1. The second-order valence-electron chi connectivity index (χ2n) is 6.32. The highest BCUT2D eigenvalue weighted by Gasteiger charge is 2.45. The third-order valence-corrected chi connectivity index (χ3v) is 5.07. The van der Waals surface area contributed by atoms with Crippen molar-refractivity contribution in [1.82, 2.24) is 10.2 Å². The van der Waals surface area contributed by atoms with E-state index in [1.54, 1.807) is 13.1 Å². The summed E-state index contributed by atoms with van der Waals surface area (Å²) in [6.07, 6.45) is -1.13. The van der Waals surface area contributed by atoms with E-state index in [0.29, 0.717) is 16.3 Å². The van der Waals surface area contributed by atoms with Crippen molar-refractivity contribution >= 4 is 34.0 Å². The molecule has 7 N–H and O–H groups in total. The van der Waals surface area contributed by atoms with Gasteiger partial charge < -0.3 is 21.7 Å². The number of imide groups is 1. The van der Waals surface area contributed by atoms with Gasteiger partial charge in [-0.15, -0.1) is 0 Å². The smallest absolute Gasteiger partial charge is 0.260 e. The van der Waals surface area contributed by atoms with Crippen molar-refractivity contribution in [3.05, 3.63) is 34.4 Å². The summed E-state index contributed by atoms with van der Waals surface area (Å²) >= 11 is 0. The van der Waals surface area contributed by atoms with E-state index in [0.717, 1.165) is 0 Å². The number of nitrogen functional groups attached to an aromatic ring is 2. The number of carbonyl (C=O) groups is 2. The SMILES string of the molecule is CN1C(O)c2ccc3c4c(c(N)c(N)c(c24)C1(C)O)C(=O)NC3=O. The lowest BCUT2D eigenvalue weighted by Gasteiger charge is -2.44. The minimum absolute atomic E-state index is 0.00552. The molecular formula is C16H16N4O4. The summed E-state index contributed by atoms with van der Waals surface area (Å²) in [7, 11) is 1.54. The van der Waals surface area contributed by atoms with Gasteiger partial charge in [0.25, 0.3) is 11.8 Å². The molecule has 0 aromatic heterocycles. The Morgan fingerprint density at radius 2 is 1.83 bits per heavy atom. The third-order valence-electron chi connectivity index (χ3n) is 5.07. The molecule has 2 aliphatic heterocycles. The topological polar surface area (TPSA) is 142 Å². The molecule has 2 amide bonds. The van der Waals surface area contributed by atoms with Gasteiger partial charge in [0.15, 0.2) is 0 Å². The van der Waals surface area contributed by atoms with Crippen molar-refractivity contribution in [1.29, 1.82) is 0 Å². The maximum atomic E-state index is 12.3. The van der Waals surface area contributed by atoms with Crippen LogP contribution >= 0.6 is 0 Å². The molecule has 0 aliphatic carbocycles. The molecule has 2 aromatic rings. The Balaban J connectivity index is 2.33. The highest BCUT2D eigenvalue weighted by atomic mass is 16.3. The number of nitrogens with zero attached hydrogens (tertiary/aromatic N) is 1. The average molecular weight is 328 g/mol. The summed E-state index contributed by atoms with van der Waals surface area (Å²) in [5, 5.41) is 24.4. The van der Waals surface area contributed by atoms with Gasteiger partial charge in [-0.2, -0.15) is 0 Å². The quantitative estimate of drug-likeness (QED) is 0.338. The fourth-order valence-corrected chi connectivity index (χ4v) is 3.67. The fraction of sp³-hybridized carbons (Fsp3) is 0.250. The highest BCUT2D eigenvalue weighted by molar-refractivity contribution is 6.29. The number of nitrogens with one attached hydrogen (secondary N) is 1. The van der Waals surface area contributed by atoms with Crippen LogP contribution in [0.25, 0.3) is 10.8 Å². The Labute approximate surface area is 136 Å². The molecule has 0 saturated carbocycles. The Morgan fingerprint density at radius 1 is 1.17 bits per heavy atom. The van der Waals surface area contributed by atoms with Gasteiger partial charge in [-0.05, 0) is 20.0 Å². The van der Waals surface area contributed by atoms with Gasteiger partial charge in [-0.3, -0.25) is 14.9 Å². The Kier molecular flexibility index (Phi) is 2.63. The minimum atomic E-state index is -1.63. The lowest BCUT2D eigenvalue weighted by Crippen LogP contribution is -2.47. The van der Waals surface area contributed by atoms with Crippen LogP contribution in [0.2, 0.25) is 0 Å². The molecule has 0 saturated heterocycles. The number of nitrogens with two attached hydrogens (primary N) is 2. The van der Waals surface area contributed by atoms with E-state index in [2.05, 4.69) is 5.32 Å². The van der Waals surface area contributed by atoms with Crippen LogP contribution in [0.5, 0.6) is 0 Å². The number of carbonyl (C=O) groups excluding carboxylic acids is 2. The van der Waals surface area contributed by atoms with Crippen molar-refractivity contribution in [2.75, 3.05) is 18.5 Å². The van der Waals surface area contributed by atoms with E-state index in [9.17, 15) is 19.8 Å². The molecule has 24 heavy (non-hydrogen) atoms. The lowest BCUT2D eigenvalue weighted by atomic mass is 9.80. The van der Waals surface area contributed by atoms with Crippen LogP contribution < -0.4 is 16.8 Å². The van der Waals surface area contributed by atoms with Gasteiger partial charge in [0.05, 0.1) is 16.9 Å². The van der Waals surface area contributed by atoms with Crippen LogP contribution in [0.4, 0.5) is 11.4 Å². The molecule has 0 radical (unpaired) electrons. The molecule has 2 heterocycles. The third kappa shape index (κ3) is 1.47. The van der Waals surface area contributed by atoms with Crippen LogP contribution in [-0.4, -0.2) is 34.0 Å². The number of rotatable bonds is 0. The zero-order valence-corrected chi connectivity index (χ0v) is 13.0. The first-order chi connectivity index (χ1) is 11.2. The zero-order chi connectivity index (χ0) is 17.5. The Morgan fingerprint density at radius 3 is 2.50 bits per heavy atom. The largest absolute Gasteiger partial charge is 0.397 e. The summed E-state index contributed by atoms with van der Waals surface area (Å²) in [5.74, 6) is -1.20. The number of benzene rings is 2. The van der Waals surface area contributed by atoms with E-state index in [-0.39, 0.29) is 28.1 Å². The summed E-state index contributed by atoms with van der Waals surface area (Å²) in [6.45, 7) is 1.48. The summed E-state index contributed by atoms with van der Waals surface area (Å²) in [6, 6.07) is 3.12. The second-order valence-corrected chi connectivity index (χ2v) is 6.32. The van der Waals surface area contributed by atoms with Crippen LogP contribution in [0.15, 0.2) is 12.1 Å². The number of amides is 2. The monoisotopic (exact) mass is 328 g/mol. The normalized spacial score (nSPS) is 25.9. The van der Waals surface area contributed by atoms with Gasteiger partial charge in [0, 0.05) is 27.5 Å². The first-order valence-electron chi connectivity index (χ1n) is 7.35. The lowest BCUT2D eigenvalue weighted by molar-refractivity contribution is -0.164. The summed E-state index contributed by atoms with van der Waals surface area (Å²) in [4.78, 5) is 25.8. The number of anilines is 2. The molecule has 8 heteroatoms. The van der Waals surface area contributed by atoms with Crippen molar-refractivity contribution in [3.63, 3.8) is 0 Å². The predicted molar refractivity (Wildman–Crippen MR) is 86.9 cm³/mol. The van der Waals surface area contributed by atoms with Gasteiger partial charge >= 0.3 is 0 Å². The van der Waals surface area contributed by atoms with Crippen molar-refractivity contribution in [2.45, 2.75) is 18.9 Å². The molecule has 0 fully saturated rings. The van der Waals surface area contributed by atoms with Gasteiger partial charge in [-0.1, -0.05) is 6.07 Å². The standard InChI is InChI=1S/C16H16N4O4/c1-16(24)10-8-6(15(23)20(16)2)4-3-5-7(8)9(11(17)12(10)18)14(22)19-13(5)21/h3-4,15,23-24H,17-18H2,1-2H3,(H,19,21,22). The molecule has 2 unspecified atom stereocenters. The molecule has 0 spiro atoms. The van der Waals surface area contributed by atoms with Crippen LogP contribution in [0, 0.1) is 0 Å². The van der Waals surface area contributed by atoms with Crippen molar-refractivity contribution < 1.29 is 19.8 Å². The van der Waals surface area contributed by atoms with Gasteiger partial charge in [0.2, 0.25) is 0 Å². The second kappa shape index (κ2) is 4.23. The van der Waals surface area contributed by atoms with E-state index in [4.69, 9.17) is 11.5 Å². The van der Waals surface area contributed by atoms with Crippen LogP contribution in [-0.2, 0) is 5.72 Å². The van der Waals surface area contributed by atoms with Crippen molar-refractivity contribution in [3.8, 4) is 0 Å². The average Bonchev–Trinajstić information content (AvgIpc) is 2.51. The van der Waals surface area contributed by atoms with Gasteiger partial charge in [0.1, 0.15) is 12.0 Å². The molecule has 2 aromatic carbocycles. The Bertz CT molecular complexity index is 967.